The van der Waals surface area contributed by atoms with Crippen molar-refractivity contribution in [3.8, 4) is 11.5 Å². The van der Waals surface area contributed by atoms with Gasteiger partial charge in [0, 0.05) is 12.1 Å². The van der Waals surface area contributed by atoms with Crippen LogP contribution in [0.4, 0.5) is 0 Å². The SMILES string of the molecule is Oc1cccc(CNCC2CCSC2)c1O. The third kappa shape index (κ3) is 2.83. The fourth-order valence-corrected chi connectivity index (χ4v) is 3.16. The zero-order chi connectivity index (χ0) is 11.4. The van der Waals surface area contributed by atoms with Crippen LogP contribution in [-0.2, 0) is 6.54 Å². The van der Waals surface area contributed by atoms with E-state index in [1.165, 1.54) is 24.0 Å². The van der Waals surface area contributed by atoms with E-state index in [0.717, 1.165) is 18.0 Å². The molecule has 1 aromatic rings. The zero-order valence-corrected chi connectivity index (χ0v) is 9.96. The Morgan fingerprint density at radius 3 is 3.00 bits per heavy atom. The van der Waals surface area contributed by atoms with Crippen molar-refractivity contribution in [2.75, 3.05) is 18.1 Å². The van der Waals surface area contributed by atoms with Crippen molar-refractivity contribution >= 4 is 11.8 Å². The molecule has 1 aliphatic rings. The summed E-state index contributed by atoms with van der Waals surface area (Å²) in [4.78, 5) is 0. The molecule has 2 rings (SSSR count). The van der Waals surface area contributed by atoms with Gasteiger partial charge in [0.05, 0.1) is 0 Å². The molecule has 4 heteroatoms. The van der Waals surface area contributed by atoms with E-state index in [1.807, 2.05) is 17.8 Å². The Bertz CT molecular complexity index is 351. The van der Waals surface area contributed by atoms with E-state index in [9.17, 15) is 10.2 Å². The molecule has 0 amide bonds. The van der Waals surface area contributed by atoms with Gasteiger partial charge in [0.15, 0.2) is 11.5 Å². The van der Waals surface area contributed by atoms with E-state index in [4.69, 9.17) is 0 Å². The van der Waals surface area contributed by atoms with Gasteiger partial charge >= 0.3 is 0 Å². The summed E-state index contributed by atoms with van der Waals surface area (Å²) in [5.74, 6) is 3.21. The topological polar surface area (TPSA) is 52.5 Å². The van der Waals surface area contributed by atoms with Crippen LogP contribution in [0.1, 0.15) is 12.0 Å². The average molecular weight is 239 g/mol. The lowest BCUT2D eigenvalue weighted by Crippen LogP contribution is -2.22. The highest BCUT2D eigenvalue weighted by Gasteiger charge is 2.15. The Balaban J connectivity index is 1.82. The highest BCUT2D eigenvalue weighted by atomic mass is 32.2. The zero-order valence-electron chi connectivity index (χ0n) is 9.15. The van der Waals surface area contributed by atoms with Gasteiger partial charge in [-0.2, -0.15) is 11.8 Å². The molecule has 1 aromatic carbocycles. The molecular weight excluding hydrogens is 222 g/mol. The predicted molar refractivity (Wildman–Crippen MR) is 66.9 cm³/mol. The summed E-state index contributed by atoms with van der Waals surface area (Å²) >= 11 is 2.00. The lowest BCUT2D eigenvalue weighted by Gasteiger charge is -2.11. The number of para-hydroxylation sites is 1. The molecule has 1 aliphatic heterocycles. The number of thioether (sulfide) groups is 1. The standard InChI is InChI=1S/C12H17NO2S/c14-11-3-1-2-10(12(11)15)7-13-6-9-4-5-16-8-9/h1-3,9,13-15H,4-8H2. The van der Waals surface area contributed by atoms with Gasteiger partial charge in [0.25, 0.3) is 0 Å². The number of nitrogens with one attached hydrogen (secondary N) is 1. The molecule has 1 unspecified atom stereocenters. The number of aromatic hydroxyl groups is 2. The summed E-state index contributed by atoms with van der Waals surface area (Å²) in [5.41, 5.74) is 0.755. The molecule has 1 heterocycles. The third-order valence-electron chi connectivity index (χ3n) is 2.87. The van der Waals surface area contributed by atoms with Gasteiger partial charge in [0.1, 0.15) is 0 Å². The predicted octanol–water partition coefficient (Wildman–Crippen LogP) is 1.94. The highest BCUT2D eigenvalue weighted by Crippen LogP contribution is 2.28. The lowest BCUT2D eigenvalue weighted by molar-refractivity contribution is 0.396. The monoisotopic (exact) mass is 239 g/mol. The van der Waals surface area contributed by atoms with Crippen LogP contribution in [-0.4, -0.2) is 28.3 Å². The van der Waals surface area contributed by atoms with Gasteiger partial charge in [-0.25, -0.2) is 0 Å². The van der Waals surface area contributed by atoms with Crippen LogP contribution in [0, 0.1) is 5.92 Å². The van der Waals surface area contributed by atoms with Crippen LogP contribution >= 0.6 is 11.8 Å². The first-order valence-corrected chi connectivity index (χ1v) is 6.71. The number of benzene rings is 1. The number of phenolic OH excluding ortho intramolecular Hbond substituents is 2. The highest BCUT2D eigenvalue weighted by molar-refractivity contribution is 7.99. The molecule has 0 radical (unpaired) electrons. The second kappa shape index (κ2) is 5.46. The van der Waals surface area contributed by atoms with Gasteiger partial charge in [-0.05, 0) is 36.5 Å². The minimum Gasteiger partial charge on any atom is -0.504 e. The van der Waals surface area contributed by atoms with Crippen molar-refractivity contribution in [1.29, 1.82) is 0 Å². The second-order valence-corrected chi connectivity index (χ2v) is 5.30. The molecule has 0 spiro atoms. The van der Waals surface area contributed by atoms with Gasteiger partial charge in [0.2, 0.25) is 0 Å². The molecule has 3 nitrogen and oxygen atoms in total. The first-order valence-electron chi connectivity index (χ1n) is 5.55. The van der Waals surface area contributed by atoms with E-state index in [1.54, 1.807) is 6.07 Å². The summed E-state index contributed by atoms with van der Waals surface area (Å²) < 4.78 is 0. The first kappa shape index (κ1) is 11.6. The fourth-order valence-electron chi connectivity index (χ4n) is 1.88. The molecule has 3 N–H and O–H groups in total. The van der Waals surface area contributed by atoms with E-state index < -0.39 is 0 Å². The Morgan fingerprint density at radius 2 is 2.25 bits per heavy atom. The van der Waals surface area contributed by atoms with Crippen LogP contribution in [0.3, 0.4) is 0 Å². The normalized spacial score (nSPS) is 20.1. The Morgan fingerprint density at radius 1 is 1.38 bits per heavy atom. The molecule has 1 saturated heterocycles. The molecule has 0 aliphatic carbocycles. The van der Waals surface area contributed by atoms with Gasteiger partial charge in [-0.1, -0.05) is 12.1 Å². The van der Waals surface area contributed by atoms with Crippen molar-refractivity contribution in [2.24, 2.45) is 5.92 Å². The molecule has 0 bridgehead atoms. The van der Waals surface area contributed by atoms with Gasteiger partial charge < -0.3 is 15.5 Å². The maximum atomic E-state index is 9.60. The number of hydrogen-bond acceptors (Lipinski definition) is 4. The van der Waals surface area contributed by atoms with E-state index >= 15 is 0 Å². The summed E-state index contributed by atoms with van der Waals surface area (Å²) in [6.45, 7) is 1.60. The fraction of sp³-hybridized carbons (Fsp3) is 0.500. The molecule has 1 fully saturated rings. The average Bonchev–Trinajstić information content (AvgIpc) is 2.77. The quantitative estimate of drug-likeness (QED) is 0.703. The van der Waals surface area contributed by atoms with E-state index in [-0.39, 0.29) is 11.5 Å². The lowest BCUT2D eigenvalue weighted by atomic mass is 10.1. The van der Waals surface area contributed by atoms with Gasteiger partial charge in [-0.15, -0.1) is 0 Å². The third-order valence-corrected chi connectivity index (χ3v) is 4.10. The molecular formula is C12H17NO2S. The van der Waals surface area contributed by atoms with Crippen molar-refractivity contribution in [2.45, 2.75) is 13.0 Å². The van der Waals surface area contributed by atoms with Crippen LogP contribution in [0.5, 0.6) is 11.5 Å². The largest absolute Gasteiger partial charge is 0.504 e. The van der Waals surface area contributed by atoms with Crippen LogP contribution in [0.25, 0.3) is 0 Å². The Hall–Kier alpha value is -0.870. The number of hydrogen-bond donors (Lipinski definition) is 3. The van der Waals surface area contributed by atoms with E-state index in [2.05, 4.69) is 5.32 Å². The molecule has 88 valence electrons. The number of rotatable bonds is 4. The van der Waals surface area contributed by atoms with Crippen molar-refractivity contribution in [3.05, 3.63) is 23.8 Å². The minimum absolute atomic E-state index is 0.00389. The van der Waals surface area contributed by atoms with Crippen LogP contribution < -0.4 is 5.32 Å². The summed E-state index contributed by atoms with van der Waals surface area (Å²) in [5, 5.41) is 22.3. The first-order chi connectivity index (χ1) is 7.77. The number of phenols is 2. The maximum absolute atomic E-state index is 9.60. The van der Waals surface area contributed by atoms with E-state index in [0.29, 0.717) is 6.54 Å². The second-order valence-electron chi connectivity index (χ2n) is 4.15. The summed E-state index contributed by atoms with van der Waals surface area (Å²) in [6, 6.07) is 5.06. The van der Waals surface area contributed by atoms with Crippen LogP contribution in [0.15, 0.2) is 18.2 Å². The molecule has 0 aromatic heterocycles. The van der Waals surface area contributed by atoms with Crippen molar-refractivity contribution in [3.63, 3.8) is 0 Å². The molecule has 1 atom stereocenters. The summed E-state index contributed by atoms with van der Waals surface area (Å²) in [7, 11) is 0. The van der Waals surface area contributed by atoms with Crippen LogP contribution in [0.2, 0.25) is 0 Å². The summed E-state index contributed by atoms with van der Waals surface area (Å²) in [6.07, 6.45) is 1.28. The van der Waals surface area contributed by atoms with Gasteiger partial charge in [-0.3, -0.25) is 0 Å². The Kier molecular flexibility index (Phi) is 3.96. The molecule has 16 heavy (non-hydrogen) atoms. The Labute approximate surface area is 99.9 Å². The molecule has 0 saturated carbocycles. The smallest absolute Gasteiger partial charge is 0.161 e. The minimum atomic E-state index is -0.0456. The maximum Gasteiger partial charge on any atom is 0.161 e. The van der Waals surface area contributed by atoms with Crippen molar-refractivity contribution in [1.82, 2.24) is 5.32 Å². The van der Waals surface area contributed by atoms with Crippen molar-refractivity contribution < 1.29 is 10.2 Å².